The molecular weight excluding hydrogens is 280 g/mol. The molecule has 0 radical (unpaired) electrons. The van der Waals surface area contributed by atoms with E-state index >= 15 is 0 Å². The minimum absolute atomic E-state index is 0.399. The lowest BCUT2D eigenvalue weighted by Crippen LogP contribution is -2.48. The zero-order chi connectivity index (χ0) is 16.0. The molecule has 0 saturated heterocycles. The largest absolute Gasteiger partial charge is 0.295 e. The van der Waals surface area contributed by atoms with Gasteiger partial charge in [0.1, 0.15) is 0 Å². The molecule has 0 aromatic carbocycles. The van der Waals surface area contributed by atoms with Crippen molar-refractivity contribution in [3.63, 3.8) is 0 Å². The Bertz CT molecular complexity index is 589. The van der Waals surface area contributed by atoms with Gasteiger partial charge in [-0.15, -0.1) is 0 Å². The van der Waals surface area contributed by atoms with Crippen LogP contribution in [0.3, 0.4) is 0 Å². The van der Waals surface area contributed by atoms with E-state index in [1.807, 2.05) is 6.08 Å². The first-order chi connectivity index (χ1) is 11.0. The Morgan fingerprint density at radius 3 is 2.74 bits per heavy atom. The molecule has 4 fully saturated rings. The first kappa shape index (κ1) is 14.7. The minimum Gasteiger partial charge on any atom is -0.295 e. The summed E-state index contributed by atoms with van der Waals surface area (Å²) in [5.41, 5.74) is 2.85. The van der Waals surface area contributed by atoms with Gasteiger partial charge in [-0.1, -0.05) is 26.3 Å². The SMILES string of the molecule is CCC12C(C)C1CC1C3CCC4=CC(=O)CCC4C3CCC12C. The van der Waals surface area contributed by atoms with E-state index in [1.54, 1.807) is 0 Å². The average molecular weight is 312 g/mol. The molecule has 23 heavy (non-hydrogen) atoms. The quantitative estimate of drug-likeness (QED) is 0.633. The Balaban J connectivity index is 1.47. The molecule has 0 N–H and O–H groups in total. The second kappa shape index (κ2) is 4.52. The topological polar surface area (TPSA) is 17.1 Å². The van der Waals surface area contributed by atoms with Crippen LogP contribution >= 0.6 is 0 Å². The lowest BCUT2D eigenvalue weighted by atomic mass is 9.49. The molecule has 0 spiro atoms. The lowest BCUT2D eigenvalue weighted by molar-refractivity contribution is -0.116. The molecule has 4 saturated carbocycles. The number of carbonyl (C=O) groups excluding carboxylic acids is 1. The van der Waals surface area contributed by atoms with Gasteiger partial charge in [-0.25, -0.2) is 0 Å². The zero-order valence-electron chi connectivity index (χ0n) is 15.1. The molecule has 0 bridgehead atoms. The van der Waals surface area contributed by atoms with Crippen LogP contribution in [-0.4, -0.2) is 5.78 Å². The fourth-order valence-corrected chi connectivity index (χ4v) is 8.86. The van der Waals surface area contributed by atoms with Gasteiger partial charge in [-0.2, -0.15) is 0 Å². The van der Waals surface area contributed by atoms with Gasteiger partial charge >= 0.3 is 0 Å². The summed E-state index contributed by atoms with van der Waals surface area (Å²) in [4.78, 5) is 11.8. The van der Waals surface area contributed by atoms with Gasteiger partial charge in [0.2, 0.25) is 0 Å². The van der Waals surface area contributed by atoms with Gasteiger partial charge in [0.15, 0.2) is 5.78 Å². The monoisotopic (exact) mass is 312 g/mol. The first-order valence-corrected chi connectivity index (χ1v) is 10.3. The number of rotatable bonds is 1. The number of fused-ring (bicyclic) bond motifs is 7. The molecule has 0 heterocycles. The maximum absolute atomic E-state index is 11.8. The first-order valence-electron chi connectivity index (χ1n) is 10.3. The Morgan fingerprint density at radius 2 is 1.96 bits per heavy atom. The summed E-state index contributed by atoms with van der Waals surface area (Å²) in [6.45, 7) is 7.68. The summed E-state index contributed by atoms with van der Waals surface area (Å²) in [5, 5.41) is 0. The second-order valence-electron chi connectivity index (χ2n) is 9.78. The number of hydrogen-bond donors (Lipinski definition) is 0. The van der Waals surface area contributed by atoms with Crippen molar-refractivity contribution in [2.75, 3.05) is 0 Å². The molecule has 126 valence electrons. The van der Waals surface area contributed by atoms with E-state index < -0.39 is 0 Å². The van der Waals surface area contributed by atoms with Crippen molar-refractivity contribution in [2.45, 2.75) is 72.1 Å². The van der Waals surface area contributed by atoms with Gasteiger partial charge in [0.05, 0.1) is 0 Å². The van der Waals surface area contributed by atoms with E-state index in [2.05, 4.69) is 20.8 Å². The van der Waals surface area contributed by atoms with E-state index in [4.69, 9.17) is 0 Å². The van der Waals surface area contributed by atoms with Crippen molar-refractivity contribution in [1.82, 2.24) is 0 Å². The van der Waals surface area contributed by atoms with Crippen LogP contribution in [0.1, 0.15) is 72.1 Å². The third-order valence-corrected chi connectivity index (χ3v) is 9.81. The third kappa shape index (κ3) is 1.58. The summed E-state index contributed by atoms with van der Waals surface area (Å²) in [6, 6.07) is 0. The third-order valence-electron chi connectivity index (χ3n) is 9.81. The Hall–Kier alpha value is -0.590. The minimum atomic E-state index is 0.399. The molecule has 1 nitrogen and oxygen atoms in total. The maximum Gasteiger partial charge on any atom is 0.155 e. The molecule has 0 aromatic heterocycles. The highest BCUT2D eigenvalue weighted by Crippen LogP contribution is 2.83. The Morgan fingerprint density at radius 1 is 1.13 bits per heavy atom. The second-order valence-corrected chi connectivity index (χ2v) is 9.78. The van der Waals surface area contributed by atoms with Crippen molar-refractivity contribution >= 4 is 5.78 Å². The molecule has 5 rings (SSSR count). The van der Waals surface area contributed by atoms with E-state index in [0.29, 0.717) is 16.6 Å². The van der Waals surface area contributed by atoms with Crippen LogP contribution in [0.2, 0.25) is 0 Å². The zero-order valence-corrected chi connectivity index (χ0v) is 15.1. The van der Waals surface area contributed by atoms with Crippen LogP contribution in [0.4, 0.5) is 0 Å². The van der Waals surface area contributed by atoms with Crippen molar-refractivity contribution in [1.29, 1.82) is 0 Å². The van der Waals surface area contributed by atoms with Crippen molar-refractivity contribution in [3.05, 3.63) is 11.6 Å². The van der Waals surface area contributed by atoms with Gasteiger partial charge in [0.25, 0.3) is 0 Å². The van der Waals surface area contributed by atoms with Gasteiger partial charge in [0, 0.05) is 6.42 Å². The molecule has 1 heteroatoms. The standard InChI is InChI=1S/C22H32O/c1-4-22-13(2)19(22)12-20-18-7-5-14-11-15(23)6-8-16(14)17(18)9-10-21(20,22)3/h11,13,16-20H,4-10,12H2,1-3H3. The summed E-state index contributed by atoms with van der Waals surface area (Å²) in [5.74, 6) is 6.04. The van der Waals surface area contributed by atoms with Crippen LogP contribution in [0.15, 0.2) is 11.6 Å². The Labute approximate surface area is 141 Å². The highest BCUT2D eigenvalue weighted by molar-refractivity contribution is 5.91. The number of carbonyl (C=O) groups is 1. The molecular formula is C22H32O. The van der Waals surface area contributed by atoms with E-state index in [9.17, 15) is 4.79 Å². The highest BCUT2D eigenvalue weighted by atomic mass is 16.1. The summed E-state index contributed by atoms with van der Waals surface area (Å²) >= 11 is 0. The predicted molar refractivity (Wildman–Crippen MR) is 92.9 cm³/mol. The molecule has 0 aromatic rings. The van der Waals surface area contributed by atoms with Crippen LogP contribution in [-0.2, 0) is 4.79 Å². The summed E-state index contributed by atoms with van der Waals surface area (Å²) in [7, 11) is 0. The predicted octanol–water partition coefficient (Wildman–Crippen LogP) is 5.40. The number of allylic oxidation sites excluding steroid dienone is 1. The van der Waals surface area contributed by atoms with Crippen LogP contribution in [0.25, 0.3) is 0 Å². The van der Waals surface area contributed by atoms with E-state index in [0.717, 1.165) is 48.3 Å². The summed E-state index contributed by atoms with van der Waals surface area (Å²) < 4.78 is 0. The van der Waals surface area contributed by atoms with Gasteiger partial charge in [-0.05, 0) is 97.4 Å². The Kier molecular flexibility index (Phi) is 2.90. The molecule has 0 amide bonds. The van der Waals surface area contributed by atoms with Crippen molar-refractivity contribution in [2.24, 2.45) is 46.3 Å². The molecule has 5 aliphatic rings. The highest BCUT2D eigenvalue weighted by Gasteiger charge is 2.77. The van der Waals surface area contributed by atoms with Gasteiger partial charge in [-0.3, -0.25) is 4.79 Å². The average Bonchev–Trinajstić information content (AvgIpc) is 3.01. The molecule has 8 unspecified atom stereocenters. The molecule has 8 atom stereocenters. The van der Waals surface area contributed by atoms with Crippen molar-refractivity contribution in [3.8, 4) is 0 Å². The number of ketones is 1. The molecule has 0 aliphatic heterocycles. The van der Waals surface area contributed by atoms with Crippen molar-refractivity contribution < 1.29 is 4.79 Å². The van der Waals surface area contributed by atoms with Crippen LogP contribution in [0.5, 0.6) is 0 Å². The fourth-order valence-electron chi connectivity index (χ4n) is 8.86. The summed E-state index contributed by atoms with van der Waals surface area (Å²) in [6.07, 6.45) is 12.5. The normalized spacial score (nSPS) is 57.0. The fraction of sp³-hybridized carbons (Fsp3) is 0.864. The van der Waals surface area contributed by atoms with E-state index in [1.165, 1.54) is 44.1 Å². The van der Waals surface area contributed by atoms with Gasteiger partial charge < -0.3 is 0 Å². The lowest BCUT2D eigenvalue weighted by Gasteiger charge is -2.56. The van der Waals surface area contributed by atoms with Crippen LogP contribution < -0.4 is 0 Å². The number of hydrogen-bond acceptors (Lipinski definition) is 1. The molecule has 5 aliphatic carbocycles. The van der Waals surface area contributed by atoms with Crippen LogP contribution in [0, 0.1) is 46.3 Å². The maximum atomic E-state index is 11.8. The van der Waals surface area contributed by atoms with E-state index in [-0.39, 0.29) is 0 Å². The smallest absolute Gasteiger partial charge is 0.155 e.